The highest BCUT2D eigenvalue weighted by Gasteiger charge is 2.37. The zero-order valence-corrected chi connectivity index (χ0v) is 16.9. The summed E-state index contributed by atoms with van der Waals surface area (Å²) < 4.78 is 30.1. The van der Waals surface area contributed by atoms with E-state index in [4.69, 9.17) is 5.11 Å². The molecule has 0 saturated heterocycles. The molecule has 0 aliphatic heterocycles. The van der Waals surface area contributed by atoms with E-state index in [1.165, 1.54) is 21.1 Å². The van der Waals surface area contributed by atoms with Crippen molar-refractivity contribution in [2.45, 2.75) is 36.7 Å². The van der Waals surface area contributed by atoms with Crippen LogP contribution in [0.5, 0.6) is 5.75 Å². The lowest BCUT2D eigenvalue weighted by atomic mass is 9.92. The molecule has 3 aromatic rings. The Balaban J connectivity index is 1.85. The quantitative estimate of drug-likeness (QED) is 0.625. The van der Waals surface area contributed by atoms with E-state index in [1.807, 2.05) is 0 Å². The first kappa shape index (κ1) is 20.0. The fraction of sp³-hybridized carbons (Fsp3) is 0.238. The van der Waals surface area contributed by atoms with Crippen LogP contribution in [0.25, 0.3) is 0 Å². The van der Waals surface area contributed by atoms with Crippen LogP contribution in [0, 0.1) is 0 Å². The molecule has 1 atom stereocenters. The number of carboxylic acids is 1. The minimum absolute atomic E-state index is 0.0365. The fourth-order valence-corrected chi connectivity index (χ4v) is 5.58. The maximum absolute atomic E-state index is 13.7. The van der Waals surface area contributed by atoms with Crippen LogP contribution in [-0.4, -0.2) is 34.4 Å². The molecular weight excluding hydrogens is 406 g/mol. The predicted molar refractivity (Wildman–Crippen MR) is 110 cm³/mol. The van der Waals surface area contributed by atoms with Gasteiger partial charge in [0, 0.05) is 11.3 Å². The first-order valence-corrected chi connectivity index (χ1v) is 11.0. The maximum Gasteiger partial charge on any atom is 0.325 e. The van der Waals surface area contributed by atoms with Gasteiger partial charge >= 0.3 is 5.97 Å². The standard InChI is InChI=1S/C21H21N3O5S/c25-16-11-9-15(10-12-16)24(30(28,29)17-5-2-1-3-6-17)20-8-4-7-19-18(20)13-22-23(19)14-21(26)27/h1-3,5-6,9-13,20,25H,4,7-8,14H2,(H,26,27). The first-order chi connectivity index (χ1) is 14.4. The van der Waals surface area contributed by atoms with Crippen LogP contribution in [0.4, 0.5) is 5.69 Å². The number of fused-ring (bicyclic) bond motifs is 1. The molecule has 0 spiro atoms. The molecule has 1 heterocycles. The number of rotatable bonds is 6. The number of carboxylic acid groups (broad SMARTS) is 1. The molecule has 156 valence electrons. The topological polar surface area (TPSA) is 113 Å². The third-order valence-electron chi connectivity index (χ3n) is 5.20. The number of phenolic OH excluding ortho intramolecular Hbond substituents is 1. The Morgan fingerprint density at radius 3 is 2.50 bits per heavy atom. The van der Waals surface area contributed by atoms with Gasteiger partial charge in [-0.1, -0.05) is 18.2 Å². The van der Waals surface area contributed by atoms with Crippen molar-refractivity contribution >= 4 is 21.7 Å². The molecule has 1 aliphatic rings. The fourth-order valence-electron chi connectivity index (χ4n) is 3.89. The van der Waals surface area contributed by atoms with E-state index < -0.39 is 22.0 Å². The van der Waals surface area contributed by atoms with Crippen molar-refractivity contribution < 1.29 is 23.4 Å². The Morgan fingerprint density at radius 2 is 1.83 bits per heavy atom. The average molecular weight is 427 g/mol. The molecule has 0 fully saturated rings. The van der Waals surface area contributed by atoms with E-state index >= 15 is 0 Å². The molecule has 0 amide bonds. The normalized spacial score (nSPS) is 16.1. The lowest BCUT2D eigenvalue weighted by molar-refractivity contribution is -0.137. The second-order valence-electron chi connectivity index (χ2n) is 7.14. The summed E-state index contributed by atoms with van der Waals surface area (Å²) in [4.78, 5) is 11.3. The number of hydrogen-bond donors (Lipinski definition) is 2. The van der Waals surface area contributed by atoms with Crippen molar-refractivity contribution in [1.82, 2.24) is 9.78 Å². The number of anilines is 1. The van der Waals surface area contributed by atoms with Gasteiger partial charge in [0.2, 0.25) is 0 Å². The summed E-state index contributed by atoms with van der Waals surface area (Å²) in [5, 5.41) is 23.0. The lowest BCUT2D eigenvalue weighted by Gasteiger charge is -2.35. The summed E-state index contributed by atoms with van der Waals surface area (Å²) in [5.74, 6) is -0.968. The van der Waals surface area contributed by atoms with Crippen molar-refractivity contribution in [3.8, 4) is 5.75 Å². The van der Waals surface area contributed by atoms with Crippen molar-refractivity contribution in [3.05, 3.63) is 72.1 Å². The number of carbonyl (C=O) groups is 1. The van der Waals surface area contributed by atoms with Crippen molar-refractivity contribution in [2.24, 2.45) is 0 Å². The molecule has 1 unspecified atom stereocenters. The highest BCUT2D eigenvalue weighted by atomic mass is 32.2. The summed E-state index contributed by atoms with van der Waals surface area (Å²) in [7, 11) is -3.92. The van der Waals surface area contributed by atoms with Crippen LogP contribution in [0.15, 0.2) is 65.7 Å². The molecule has 2 N–H and O–H groups in total. The largest absolute Gasteiger partial charge is 0.508 e. The summed E-state index contributed by atoms with van der Waals surface area (Å²) in [5.41, 5.74) is 1.86. The molecule has 1 aliphatic carbocycles. The van der Waals surface area contributed by atoms with Gasteiger partial charge in [-0.2, -0.15) is 5.10 Å². The van der Waals surface area contributed by atoms with Crippen molar-refractivity contribution in [1.29, 1.82) is 0 Å². The van der Waals surface area contributed by atoms with E-state index in [-0.39, 0.29) is 17.2 Å². The Hall–Kier alpha value is -3.33. The summed E-state index contributed by atoms with van der Waals surface area (Å²) in [6, 6.07) is 13.6. The van der Waals surface area contributed by atoms with Gasteiger partial charge in [-0.15, -0.1) is 0 Å². The number of sulfonamides is 1. The summed E-state index contributed by atoms with van der Waals surface area (Å²) in [6.07, 6.45) is 3.46. The van der Waals surface area contributed by atoms with E-state index in [0.29, 0.717) is 30.5 Å². The minimum atomic E-state index is -3.92. The van der Waals surface area contributed by atoms with Crippen LogP contribution < -0.4 is 4.31 Å². The molecule has 0 radical (unpaired) electrons. The van der Waals surface area contributed by atoms with Crippen LogP contribution in [0.1, 0.15) is 30.1 Å². The zero-order valence-electron chi connectivity index (χ0n) is 16.0. The number of aliphatic carboxylic acids is 1. The highest BCUT2D eigenvalue weighted by Crippen LogP contribution is 2.40. The number of hydrogen-bond acceptors (Lipinski definition) is 5. The number of aromatic nitrogens is 2. The monoisotopic (exact) mass is 427 g/mol. The molecule has 0 bridgehead atoms. The van der Waals surface area contributed by atoms with Crippen molar-refractivity contribution in [2.75, 3.05) is 4.31 Å². The second kappa shape index (κ2) is 7.83. The smallest absolute Gasteiger partial charge is 0.325 e. The SMILES string of the molecule is O=C(O)Cn1ncc2c1CCCC2N(c1ccc(O)cc1)S(=O)(=O)c1ccccc1. The Labute approximate surface area is 174 Å². The third kappa shape index (κ3) is 3.63. The van der Waals surface area contributed by atoms with Gasteiger partial charge < -0.3 is 10.2 Å². The highest BCUT2D eigenvalue weighted by molar-refractivity contribution is 7.92. The van der Waals surface area contributed by atoms with Gasteiger partial charge in [-0.25, -0.2) is 8.42 Å². The second-order valence-corrected chi connectivity index (χ2v) is 8.95. The van der Waals surface area contributed by atoms with Gasteiger partial charge in [0.05, 0.1) is 22.8 Å². The lowest BCUT2D eigenvalue weighted by Crippen LogP contribution is -2.37. The van der Waals surface area contributed by atoms with E-state index in [0.717, 1.165) is 5.69 Å². The Bertz CT molecular complexity index is 1160. The van der Waals surface area contributed by atoms with E-state index in [2.05, 4.69) is 5.10 Å². The van der Waals surface area contributed by atoms with E-state index in [1.54, 1.807) is 48.7 Å². The number of aromatic hydroxyl groups is 1. The molecule has 30 heavy (non-hydrogen) atoms. The van der Waals surface area contributed by atoms with Gasteiger partial charge in [0.1, 0.15) is 12.3 Å². The van der Waals surface area contributed by atoms with Gasteiger partial charge in [-0.05, 0) is 55.7 Å². The van der Waals surface area contributed by atoms with E-state index in [9.17, 15) is 18.3 Å². The maximum atomic E-state index is 13.7. The molecule has 8 nitrogen and oxygen atoms in total. The van der Waals surface area contributed by atoms with Crippen LogP contribution in [0.2, 0.25) is 0 Å². The molecule has 1 aromatic heterocycles. The van der Waals surface area contributed by atoms with Gasteiger partial charge in [0.25, 0.3) is 10.0 Å². The molecular formula is C21H21N3O5S. The third-order valence-corrected chi connectivity index (χ3v) is 7.05. The van der Waals surface area contributed by atoms with Crippen LogP contribution >= 0.6 is 0 Å². The summed E-state index contributed by atoms with van der Waals surface area (Å²) >= 11 is 0. The predicted octanol–water partition coefficient (Wildman–Crippen LogP) is 2.95. The number of benzene rings is 2. The van der Waals surface area contributed by atoms with Gasteiger partial charge in [-0.3, -0.25) is 13.8 Å². The van der Waals surface area contributed by atoms with Crippen LogP contribution in [-0.2, 0) is 27.8 Å². The van der Waals surface area contributed by atoms with Crippen molar-refractivity contribution in [3.63, 3.8) is 0 Å². The Kier molecular flexibility index (Phi) is 5.21. The number of phenols is 1. The molecule has 2 aromatic carbocycles. The Morgan fingerprint density at radius 1 is 1.13 bits per heavy atom. The first-order valence-electron chi connectivity index (χ1n) is 9.53. The number of nitrogens with zero attached hydrogens (tertiary/aromatic N) is 3. The average Bonchev–Trinajstić information content (AvgIpc) is 3.13. The minimum Gasteiger partial charge on any atom is -0.508 e. The molecule has 9 heteroatoms. The molecule has 0 saturated carbocycles. The van der Waals surface area contributed by atoms with Crippen LogP contribution in [0.3, 0.4) is 0 Å². The van der Waals surface area contributed by atoms with Gasteiger partial charge in [0.15, 0.2) is 0 Å². The summed E-state index contributed by atoms with van der Waals surface area (Å²) in [6.45, 7) is -0.271. The zero-order chi connectivity index (χ0) is 21.3. The molecule has 4 rings (SSSR count).